The predicted molar refractivity (Wildman–Crippen MR) is 98.2 cm³/mol. The fraction of sp³-hybridized carbons (Fsp3) is 0.667. The van der Waals surface area contributed by atoms with E-state index in [1.54, 1.807) is 12.1 Å². The second kappa shape index (κ2) is 7.28. The minimum absolute atomic E-state index is 0.0151. The van der Waals surface area contributed by atoms with Gasteiger partial charge in [-0.3, -0.25) is 4.79 Å². The summed E-state index contributed by atoms with van der Waals surface area (Å²) in [4.78, 5) is 14.4. The van der Waals surface area contributed by atoms with E-state index < -0.39 is 0 Å². The van der Waals surface area contributed by atoms with E-state index in [0.29, 0.717) is 31.5 Å². The molecule has 1 aromatic rings. The predicted octanol–water partition coefficient (Wildman–Crippen LogP) is 3.32. The molecule has 2 aliphatic rings. The smallest absolute Gasteiger partial charge is 0.226 e. The molecule has 2 aliphatic heterocycles. The van der Waals surface area contributed by atoms with Crippen LogP contribution in [0.15, 0.2) is 24.3 Å². The molecule has 2 fully saturated rings. The van der Waals surface area contributed by atoms with Gasteiger partial charge in [-0.05, 0) is 36.0 Å². The fourth-order valence-electron chi connectivity index (χ4n) is 4.11. The summed E-state index contributed by atoms with van der Waals surface area (Å²) in [7, 11) is 0. The minimum atomic E-state index is -0.345. The zero-order chi connectivity index (χ0) is 18.9. The standard InChI is InChI=1S/C21H30FNO3/c1-20(2,3)18-13-17(24)14-21(26-18)7-9-23(10-8-21)19(25)12-15-5-4-6-16(22)11-15/h4-6,11,17-18,24H,7-10,12-14H2,1-3H3/t17-,18-/m1/s1. The van der Waals surface area contributed by atoms with Crippen LogP contribution in [0.3, 0.4) is 0 Å². The first-order valence-electron chi connectivity index (χ1n) is 9.55. The van der Waals surface area contributed by atoms with E-state index in [1.165, 1.54) is 12.1 Å². The van der Waals surface area contributed by atoms with Gasteiger partial charge in [0.05, 0.1) is 24.2 Å². The first-order chi connectivity index (χ1) is 12.2. The van der Waals surface area contributed by atoms with Crippen molar-refractivity contribution in [1.29, 1.82) is 0 Å². The van der Waals surface area contributed by atoms with Crippen molar-refractivity contribution >= 4 is 5.91 Å². The van der Waals surface area contributed by atoms with Gasteiger partial charge in [0.1, 0.15) is 5.82 Å². The highest BCUT2D eigenvalue weighted by Gasteiger charge is 2.46. The summed E-state index contributed by atoms with van der Waals surface area (Å²) < 4.78 is 19.8. The number of ether oxygens (including phenoxy) is 1. The van der Waals surface area contributed by atoms with E-state index in [1.807, 2.05) is 4.90 Å². The molecule has 2 heterocycles. The van der Waals surface area contributed by atoms with Crippen LogP contribution in [0.5, 0.6) is 0 Å². The van der Waals surface area contributed by atoms with E-state index in [4.69, 9.17) is 4.74 Å². The van der Waals surface area contributed by atoms with Crippen molar-refractivity contribution in [3.63, 3.8) is 0 Å². The molecule has 1 aromatic carbocycles. The number of aliphatic hydroxyl groups is 1. The Bertz CT molecular complexity index is 647. The fourth-order valence-corrected chi connectivity index (χ4v) is 4.11. The number of nitrogens with zero attached hydrogens (tertiary/aromatic N) is 1. The summed E-state index contributed by atoms with van der Waals surface area (Å²) in [5.41, 5.74) is 0.358. The van der Waals surface area contributed by atoms with E-state index in [-0.39, 0.29) is 41.4 Å². The molecule has 1 amide bonds. The third-order valence-electron chi connectivity index (χ3n) is 5.72. The molecule has 0 saturated carbocycles. The average molecular weight is 363 g/mol. The van der Waals surface area contributed by atoms with E-state index >= 15 is 0 Å². The van der Waals surface area contributed by atoms with Gasteiger partial charge in [-0.2, -0.15) is 0 Å². The lowest BCUT2D eigenvalue weighted by Crippen LogP contribution is -2.56. The lowest BCUT2D eigenvalue weighted by atomic mass is 9.76. The zero-order valence-electron chi connectivity index (χ0n) is 16.0. The minimum Gasteiger partial charge on any atom is -0.393 e. The molecule has 5 heteroatoms. The van der Waals surface area contributed by atoms with E-state index in [9.17, 15) is 14.3 Å². The number of benzene rings is 1. The molecule has 0 radical (unpaired) electrons. The molecule has 1 N–H and O–H groups in total. The normalized spacial score (nSPS) is 26.1. The van der Waals surface area contributed by atoms with E-state index in [2.05, 4.69) is 20.8 Å². The number of piperidine rings is 1. The summed E-state index contributed by atoms with van der Waals surface area (Å²) in [6, 6.07) is 6.21. The number of halogens is 1. The first kappa shape index (κ1) is 19.3. The highest BCUT2D eigenvalue weighted by atomic mass is 19.1. The van der Waals surface area contributed by atoms with Crippen molar-refractivity contribution in [2.24, 2.45) is 5.41 Å². The van der Waals surface area contributed by atoms with Gasteiger partial charge in [0.15, 0.2) is 0 Å². The molecule has 0 unspecified atom stereocenters. The topological polar surface area (TPSA) is 49.8 Å². The number of hydrogen-bond acceptors (Lipinski definition) is 3. The highest BCUT2D eigenvalue weighted by Crippen LogP contribution is 2.42. The average Bonchev–Trinajstić information content (AvgIpc) is 2.54. The maximum Gasteiger partial charge on any atom is 0.226 e. The third kappa shape index (κ3) is 4.44. The van der Waals surface area contributed by atoms with Crippen molar-refractivity contribution in [2.75, 3.05) is 13.1 Å². The molecule has 1 spiro atoms. The Labute approximate surface area is 155 Å². The summed E-state index contributed by atoms with van der Waals surface area (Å²) in [6.45, 7) is 7.67. The lowest BCUT2D eigenvalue weighted by molar-refractivity contribution is -0.207. The monoisotopic (exact) mass is 363 g/mol. The summed E-state index contributed by atoms with van der Waals surface area (Å²) >= 11 is 0. The molecule has 0 bridgehead atoms. The molecule has 0 aliphatic carbocycles. The Balaban J connectivity index is 1.60. The Kier molecular flexibility index (Phi) is 5.40. The lowest BCUT2D eigenvalue weighted by Gasteiger charge is -2.50. The molecule has 4 nitrogen and oxygen atoms in total. The van der Waals surface area contributed by atoms with Crippen LogP contribution in [0.1, 0.15) is 52.0 Å². The molecular formula is C21H30FNO3. The van der Waals surface area contributed by atoms with Gasteiger partial charge in [0.2, 0.25) is 5.91 Å². The second-order valence-electron chi connectivity index (χ2n) is 8.94. The van der Waals surface area contributed by atoms with Crippen LogP contribution in [-0.2, 0) is 16.0 Å². The third-order valence-corrected chi connectivity index (χ3v) is 5.72. The van der Waals surface area contributed by atoms with Crippen molar-refractivity contribution in [3.8, 4) is 0 Å². The summed E-state index contributed by atoms with van der Waals surface area (Å²) in [5, 5.41) is 10.4. The number of likely N-dealkylation sites (tertiary alicyclic amines) is 1. The Hall–Kier alpha value is -1.46. The quantitative estimate of drug-likeness (QED) is 0.877. The van der Waals surface area contributed by atoms with Gasteiger partial charge >= 0.3 is 0 Å². The van der Waals surface area contributed by atoms with Crippen molar-refractivity contribution in [1.82, 2.24) is 4.90 Å². The molecule has 26 heavy (non-hydrogen) atoms. The number of rotatable bonds is 2. The van der Waals surface area contributed by atoms with Crippen molar-refractivity contribution in [2.45, 2.75) is 70.7 Å². The van der Waals surface area contributed by atoms with Crippen LogP contribution in [0.4, 0.5) is 4.39 Å². The van der Waals surface area contributed by atoms with Crippen molar-refractivity contribution < 1.29 is 19.0 Å². The van der Waals surface area contributed by atoms with Gasteiger partial charge in [-0.15, -0.1) is 0 Å². The SMILES string of the molecule is CC(C)(C)[C@H]1C[C@@H](O)CC2(CCN(C(=O)Cc3cccc(F)c3)CC2)O1. The second-order valence-corrected chi connectivity index (χ2v) is 8.94. The number of hydrogen-bond donors (Lipinski definition) is 1. The number of amides is 1. The van der Waals surface area contributed by atoms with Crippen molar-refractivity contribution in [3.05, 3.63) is 35.6 Å². The number of carbonyl (C=O) groups is 1. The highest BCUT2D eigenvalue weighted by molar-refractivity contribution is 5.78. The van der Waals surface area contributed by atoms with Gasteiger partial charge in [-0.25, -0.2) is 4.39 Å². The van der Waals surface area contributed by atoms with Crippen LogP contribution in [0.25, 0.3) is 0 Å². The largest absolute Gasteiger partial charge is 0.393 e. The Morgan fingerprint density at radius 3 is 2.65 bits per heavy atom. The van der Waals surface area contributed by atoms with Crippen LogP contribution in [-0.4, -0.2) is 46.8 Å². The van der Waals surface area contributed by atoms with Gasteiger partial charge in [0, 0.05) is 25.9 Å². The first-order valence-corrected chi connectivity index (χ1v) is 9.55. The number of aliphatic hydroxyl groups excluding tert-OH is 1. The number of carbonyl (C=O) groups excluding carboxylic acids is 1. The summed E-state index contributed by atoms with van der Waals surface area (Å²) in [5.74, 6) is -0.292. The van der Waals surface area contributed by atoms with Crippen LogP contribution in [0.2, 0.25) is 0 Å². The van der Waals surface area contributed by atoms with Gasteiger partial charge in [0.25, 0.3) is 0 Å². The van der Waals surface area contributed by atoms with Gasteiger partial charge in [-0.1, -0.05) is 32.9 Å². The van der Waals surface area contributed by atoms with Crippen LogP contribution >= 0.6 is 0 Å². The maximum atomic E-state index is 13.3. The maximum absolute atomic E-state index is 13.3. The molecule has 0 aromatic heterocycles. The molecular weight excluding hydrogens is 333 g/mol. The molecule has 144 valence electrons. The Morgan fingerprint density at radius 1 is 1.35 bits per heavy atom. The Morgan fingerprint density at radius 2 is 2.04 bits per heavy atom. The van der Waals surface area contributed by atoms with Gasteiger partial charge < -0.3 is 14.7 Å². The molecule has 3 rings (SSSR count). The van der Waals surface area contributed by atoms with Crippen LogP contribution in [0, 0.1) is 11.2 Å². The van der Waals surface area contributed by atoms with E-state index in [0.717, 1.165) is 12.8 Å². The summed E-state index contributed by atoms with van der Waals surface area (Å²) in [6.07, 6.45) is 2.71. The zero-order valence-corrected chi connectivity index (χ0v) is 16.0. The molecule has 2 atom stereocenters. The van der Waals surface area contributed by atoms with Crippen LogP contribution < -0.4 is 0 Å². The molecule has 2 saturated heterocycles.